The molecule has 1 heterocycles. The van der Waals surface area contributed by atoms with Crippen molar-refractivity contribution in [2.75, 3.05) is 11.1 Å². The van der Waals surface area contributed by atoms with Crippen LogP contribution < -0.4 is 5.32 Å². The fourth-order valence-corrected chi connectivity index (χ4v) is 3.18. The van der Waals surface area contributed by atoms with Gasteiger partial charge in [-0.05, 0) is 24.7 Å². The third-order valence-electron chi connectivity index (χ3n) is 3.02. The highest BCUT2D eigenvalue weighted by Crippen LogP contribution is 2.28. The van der Waals surface area contributed by atoms with Gasteiger partial charge in [-0.3, -0.25) is 10.1 Å². The van der Waals surface area contributed by atoms with Crippen molar-refractivity contribution < 1.29 is 4.92 Å². The summed E-state index contributed by atoms with van der Waals surface area (Å²) < 4.78 is 0. The fourth-order valence-electron chi connectivity index (χ4n) is 2.04. The highest BCUT2D eigenvalue weighted by atomic mass is 32.2. The molecular formula is C12H16N2O2S. The molecule has 0 spiro atoms. The van der Waals surface area contributed by atoms with Crippen LogP contribution in [0.15, 0.2) is 24.3 Å². The molecule has 1 N–H and O–H groups in total. The molecule has 0 aliphatic carbocycles. The summed E-state index contributed by atoms with van der Waals surface area (Å²) in [5.41, 5.74) is 0.990. The van der Waals surface area contributed by atoms with Gasteiger partial charge in [0.05, 0.1) is 4.92 Å². The van der Waals surface area contributed by atoms with E-state index in [4.69, 9.17) is 0 Å². The molecule has 1 aliphatic heterocycles. The third kappa shape index (κ3) is 3.12. The minimum atomic E-state index is -0.357. The van der Waals surface area contributed by atoms with Crippen molar-refractivity contribution in [1.82, 2.24) is 0 Å². The SMILES string of the molecule is CC1SCCCC1Nc1cccc([N+](=O)[O-])c1. The van der Waals surface area contributed by atoms with E-state index < -0.39 is 0 Å². The Bertz CT molecular complexity index is 411. The van der Waals surface area contributed by atoms with E-state index in [0.717, 1.165) is 12.1 Å². The molecule has 0 aromatic heterocycles. The monoisotopic (exact) mass is 252 g/mol. The lowest BCUT2D eigenvalue weighted by Crippen LogP contribution is -2.32. The van der Waals surface area contributed by atoms with Crippen LogP contribution in [0.3, 0.4) is 0 Å². The summed E-state index contributed by atoms with van der Waals surface area (Å²) in [5, 5.41) is 14.6. The first-order chi connectivity index (χ1) is 8.16. The average Bonchev–Trinajstić information content (AvgIpc) is 2.32. The van der Waals surface area contributed by atoms with Crippen LogP contribution in [0.4, 0.5) is 11.4 Å². The van der Waals surface area contributed by atoms with Crippen LogP contribution in [0.5, 0.6) is 0 Å². The molecule has 2 atom stereocenters. The Hall–Kier alpha value is -1.23. The van der Waals surface area contributed by atoms with Crippen LogP contribution in [-0.4, -0.2) is 22.0 Å². The molecule has 1 fully saturated rings. The summed E-state index contributed by atoms with van der Waals surface area (Å²) in [6.45, 7) is 2.21. The molecule has 1 aromatic carbocycles. The zero-order valence-electron chi connectivity index (χ0n) is 9.76. The maximum atomic E-state index is 10.7. The molecule has 1 aliphatic rings. The quantitative estimate of drug-likeness (QED) is 0.662. The van der Waals surface area contributed by atoms with Gasteiger partial charge in [0.1, 0.15) is 0 Å². The maximum Gasteiger partial charge on any atom is 0.271 e. The zero-order valence-corrected chi connectivity index (χ0v) is 10.6. The van der Waals surface area contributed by atoms with Crippen molar-refractivity contribution in [3.8, 4) is 0 Å². The third-order valence-corrected chi connectivity index (χ3v) is 4.39. The minimum absolute atomic E-state index is 0.145. The number of thioether (sulfide) groups is 1. The van der Waals surface area contributed by atoms with E-state index in [0.29, 0.717) is 11.3 Å². The lowest BCUT2D eigenvalue weighted by atomic mass is 10.1. The van der Waals surface area contributed by atoms with Gasteiger partial charge in [-0.2, -0.15) is 11.8 Å². The maximum absolute atomic E-state index is 10.7. The van der Waals surface area contributed by atoms with Gasteiger partial charge < -0.3 is 5.32 Å². The predicted octanol–water partition coefficient (Wildman–Crippen LogP) is 3.29. The number of nitro benzene ring substituents is 1. The van der Waals surface area contributed by atoms with Crippen molar-refractivity contribution in [1.29, 1.82) is 0 Å². The fraction of sp³-hybridized carbons (Fsp3) is 0.500. The van der Waals surface area contributed by atoms with E-state index in [-0.39, 0.29) is 10.6 Å². The minimum Gasteiger partial charge on any atom is -0.381 e. The highest BCUT2D eigenvalue weighted by Gasteiger charge is 2.21. The van der Waals surface area contributed by atoms with Crippen LogP contribution >= 0.6 is 11.8 Å². The van der Waals surface area contributed by atoms with Crippen LogP contribution in [0.25, 0.3) is 0 Å². The first-order valence-corrected chi connectivity index (χ1v) is 6.84. The lowest BCUT2D eigenvalue weighted by molar-refractivity contribution is -0.384. The van der Waals surface area contributed by atoms with Crippen LogP contribution in [0.2, 0.25) is 0 Å². The second-order valence-corrected chi connectivity index (χ2v) is 5.76. The molecule has 0 bridgehead atoms. The van der Waals surface area contributed by atoms with E-state index in [2.05, 4.69) is 12.2 Å². The van der Waals surface area contributed by atoms with Crippen LogP contribution in [0.1, 0.15) is 19.8 Å². The predicted molar refractivity (Wildman–Crippen MR) is 71.7 cm³/mol. The molecule has 1 aromatic rings. The molecule has 0 amide bonds. The molecular weight excluding hydrogens is 236 g/mol. The van der Waals surface area contributed by atoms with Crippen LogP contribution in [0, 0.1) is 10.1 Å². The summed E-state index contributed by atoms with van der Waals surface area (Å²) in [4.78, 5) is 10.3. The van der Waals surface area contributed by atoms with Crippen molar-refractivity contribution in [2.24, 2.45) is 0 Å². The van der Waals surface area contributed by atoms with Crippen molar-refractivity contribution in [3.05, 3.63) is 34.4 Å². The van der Waals surface area contributed by atoms with Gasteiger partial charge in [0, 0.05) is 29.1 Å². The summed E-state index contributed by atoms with van der Waals surface area (Å²) in [5.74, 6) is 1.22. The number of nitro groups is 1. The molecule has 0 radical (unpaired) electrons. The Kier molecular flexibility index (Phi) is 3.89. The van der Waals surface area contributed by atoms with Gasteiger partial charge in [-0.1, -0.05) is 13.0 Å². The highest BCUT2D eigenvalue weighted by molar-refractivity contribution is 8.00. The smallest absolute Gasteiger partial charge is 0.271 e. The van der Waals surface area contributed by atoms with Gasteiger partial charge >= 0.3 is 0 Å². The normalized spacial score (nSPS) is 24.3. The molecule has 0 saturated carbocycles. The van der Waals surface area contributed by atoms with Gasteiger partial charge in [0.2, 0.25) is 0 Å². The number of benzene rings is 1. The van der Waals surface area contributed by atoms with Crippen molar-refractivity contribution in [2.45, 2.75) is 31.1 Å². The number of hydrogen-bond donors (Lipinski definition) is 1. The van der Waals surface area contributed by atoms with Gasteiger partial charge in [0.25, 0.3) is 5.69 Å². The Morgan fingerprint density at radius 2 is 2.35 bits per heavy atom. The summed E-state index contributed by atoms with van der Waals surface area (Å²) >= 11 is 1.96. The Morgan fingerprint density at radius 1 is 1.53 bits per heavy atom. The van der Waals surface area contributed by atoms with Gasteiger partial charge in [-0.25, -0.2) is 0 Å². The second kappa shape index (κ2) is 5.40. The number of non-ortho nitro benzene ring substituents is 1. The first-order valence-electron chi connectivity index (χ1n) is 5.79. The zero-order chi connectivity index (χ0) is 12.3. The lowest BCUT2D eigenvalue weighted by Gasteiger charge is -2.29. The molecule has 1 saturated heterocycles. The van der Waals surface area contributed by atoms with E-state index >= 15 is 0 Å². The number of nitrogens with one attached hydrogen (secondary N) is 1. The Labute approximate surface area is 105 Å². The molecule has 2 rings (SSSR count). The standard InChI is InChI=1S/C12H16N2O2S/c1-9-12(6-3-7-17-9)13-10-4-2-5-11(8-10)14(15)16/h2,4-5,8-9,12-13H,3,6-7H2,1H3. The summed E-state index contributed by atoms with van der Waals surface area (Å²) in [6, 6.07) is 7.15. The first kappa shape index (κ1) is 12.2. The van der Waals surface area contributed by atoms with E-state index in [1.54, 1.807) is 12.1 Å². The molecule has 4 nitrogen and oxygen atoms in total. The number of hydrogen-bond acceptors (Lipinski definition) is 4. The largest absolute Gasteiger partial charge is 0.381 e. The number of rotatable bonds is 3. The van der Waals surface area contributed by atoms with E-state index in [1.165, 1.54) is 18.2 Å². The topological polar surface area (TPSA) is 55.2 Å². The Balaban J connectivity index is 2.07. The van der Waals surface area contributed by atoms with E-state index in [9.17, 15) is 10.1 Å². The van der Waals surface area contributed by atoms with E-state index in [1.807, 2.05) is 17.8 Å². The van der Waals surface area contributed by atoms with Crippen LogP contribution in [-0.2, 0) is 0 Å². The summed E-state index contributed by atoms with van der Waals surface area (Å²) in [7, 11) is 0. The molecule has 92 valence electrons. The molecule has 2 unspecified atom stereocenters. The molecule has 17 heavy (non-hydrogen) atoms. The van der Waals surface area contributed by atoms with Gasteiger partial charge in [0.15, 0.2) is 0 Å². The van der Waals surface area contributed by atoms with Gasteiger partial charge in [-0.15, -0.1) is 0 Å². The molecule has 5 heteroatoms. The second-order valence-electron chi connectivity index (χ2n) is 4.28. The Morgan fingerprint density at radius 3 is 3.06 bits per heavy atom. The number of anilines is 1. The van der Waals surface area contributed by atoms with Crippen molar-refractivity contribution in [3.63, 3.8) is 0 Å². The summed E-state index contributed by atoms with van der Waals surface area (Å²) in [6.07, 6.45) is 2.35. The average molecular weight is 252 g/mol. The van der Waals surface area contributed by atoms with Crippen molar-refractivity contribution >= 4 is 23.1 Å². The number of nitrogens with zero attached hydrogens (tertiary/aromatic N) is 1.